The number of carbonyl (C=O) groups excluding carboxylic acids is 1. The van der Waals surface area contributed by atoms with E-state index < -0.39 is 5.82 Å². The number of benzene rings is 2. The molecule has 0 atom stereocenters. The maximum absolute atomic E-state index is 13.2. The summed E-state index contributed by atoms with van der Waals surface area (Å²) in [5.74, 6) is -0.241. The molecule has 2 aromatic rings. The van der Waals surface area contributed by atoms with Gasteiger partial charge in [0.25, 0.3) is 0 Å². The third kappa shape index (κ3) is 3.80. The fourth-order valence-corrected chi connectivity index (χ4v) is 1.79. The fourth-order valence-electron chi connectivity index (χ4n) is 1.79. The van der Waals surface area contributed by atoms with Crippen LogP contribution < -0.4 is 10.1 Å². The van der Waals surface area contributed by atoms with Crippen molar-refractivity contribution in [1.82, 2.24) is 0 Å². The van der Waals surface area contributed by atoms with Crippen LogP contribution in [0.15, 0.2) is 42.5 Å². The lowest BCUT2D eigenvalue weighted by Gasteiger charge is -2.11. The Labute approximate surface area is 121 Å². The van der Waals surface area contributed by atoms with Crippen molar-refractivity contribution in [2.24, 2.45) is 0 Å². The average Bonchev–Trinajstić information content (AvgIpc) is 2.47. The largest absolute Gasteiger partial charge is 0.487 e. The molecule has 1 N–H and O–H groups in total. The maximum atomic E-state index is 13.2. The number of hydrogen-bond donors (Lipinski definition) is 1. The zero-order chi connectivity index (χ0) is 15.2. The molecule has 2 rings (SSSR count). The Hall–Kier alpha value is -2.87. The highest BCUT2D eigenvalue weighted by Crippen LogP contribution is 2.24. The molecule has 0 saturated heterocycles. The predicted octanol–water partition coefficient (Wildman–Crippen LogP) is 3.23. The Kier molecular flexibility index (Phi) is 4.52. The van der Waals surface area contributed by atoms with Crippen LogP contribution in [0.3, 0.4) is 0 Å². The van der Waals surface area contributed by atoms with Crippen molar-refractivity contribution in [2.75, 3.05) is 5.32 Å². The van der Waals surface area contributed by atoms with Gasteiger partial charge in [0, 0.05) is 6.92 Å². The third-order valence-corrected chi connectivity index (χ3v) is 2.74. The molecule has 0 spiro atoms. The van der Waals surface area contributed by atoms with Crippen LogP contribution in [0.5, 0.6) is 5.75 Å². The van der Waals surface area contributed by atoms with Crippen molar-refractivity contribution in [3.8, 4) is 11.8 Å². The minimum absolute atomic E-state index is 0.0220. The van der Waals surface area contributed by atoms with Crippen molar-refractivity contribution in [2.45, 2.75) is 13.5 Å². The Bertz CT molecular complexity index is 708. The molecule has 0 heterocycles. The molecule has 0 aliphatic heterocycles. The number of carbonyl (C=O) groups is 1. The summed E-state index contributed by atoms with van der Waals surface area (Å²) in [4.78, 5) is 11.1. The second kappa shape index (κ2) is 6.53. The van der Waals surface area contributed by atoms with Gasteiger partial charge < -0.3 is 10.1 Å². The molecule has 0 unspecified atom stereocenters. The summed E-state index contributed by atoms with van der Waals surface area (Å²) in [7, 11) is 0. The van der Waals surface area contributed by atoms with Crippen LogP contribution in [-0.4, -0.2) is 5.91 Å². The zero-order valence-corrected chi connectivity index (χ0v) is 11.4. The Morgan fingerprint density at radius 2 is 2.10 bits per heavy atom. The van der Waals surface area contributed by atoms with Crippen molar-refractivity contribution < 1.29 is 13.9 Å². The van der Waals surface area contributed by atoms with Crippen LogP contribution in [0.2, 0.25) is 0 Å². The van der Waals surface area contributed by atoms with Gasteiger partial charge in [-0.05, 0) is 29.8 Å². The van der Waals surface area contributed by atoms with Crippen molar-refractivity contribution in [1.29, 1.82) is 5.26 Å². The van der Waals surface area contributed by atoms with E-state index in [-0.39, 0.29) is 18.1 Å². The summed E-state index contributed by atoms with van der Waals surface area (Å²) >= 11 is 0. The van der Waals surface area contributed by atoms with Crippen molar-refractivity contribution in [3.05, 3.63) is 59.4 Å². The molecular weight excluding hydrogens is 271 g/mol. The SMILES string of the molecule is CC(=O)Nc1ccccc1OCc1ccc(F)c(C#N)c1. The monoisotopic (exact) mass is 284 g/mol. The molecule has 0 saturated carbocycles. The first-order valence-corrected chi connectivity index (χ1v) is 6.28. The van der Waals surface area contributed by atoms with Gasteiger partial charge in [0.15, 0.2) is 0 Å². The minimum atomic E-state index is -0.556. The molecular formula is C16H13FN2O2. The number of para-hydroxylation sites is 2. The van der Waals surface area contributed by atoms with Crippen molar-refractivity contribution in [3.63, 3.8) is 0 Å². The summed E-state index contributed by atoms with van der Waals surface area (Å²) in [6.45, 7) is 1.58. The Morgan fingerprint density at radius 3 is 2.81 bits per heavy atom. The number of anilines is 1. The number of nitriles is 1. The molecule has 2 aromatic carbocycles. The summed E-state index contributed by atoms with van der Waals surface area (Å²) in [6.07, 6.45) is 0. The number of nitrogens with zero attached hydrogens (tertiary/aromatic N) is 1. The van der Waals surface area contributed by atoms with Gasteiger partial charge in [0.05, 0.1) is 11.3 Å². The molecule has 0 aromatic heterocycles. The van der Waals surface area contributed by atoms with Crippen LogP contribution in [-0.2, 0) is 11.4 Å². The van der Waals surface area contributed by atoms with Gasteiger partial charge >= 0.3 is 0 Å². The lowest BCUT2D eigenvalue weighted by molar-refractivity contribution is -0.114. The second-order valence-corrected chi connectivity index (χ2v) is 4.39. The first-order valence-electron chi connectivity index (χ1n) is 6.28. The van der Waals surface area contributed by atoms with Gasteiger partial charge in [-0.2, -0.15) is 5.26 Å². The number of amides is 1. The molecule has 5 heteroatoms. The van der Waals surface area contributed by atoms with E-state index in [1.54, 1.807) is 36.4 Å². The van der Waals surface area contributed by atoms with E-state index in [2.05, 4.69) is 5.32 Å². The molecule has 0 aliphatic carbocycles. The van der Waals surface area contributed by atoms with Crippen LogP contribution in [0.25, 0.3) is 0 Å². The topological polar surface area (TPSA) is 62.1 Å². The van der Waals surface area contributed by atoms with E-state index in [4.69, 9.17) is 10.00 Å². The minimum Gasteiger partial charge on any atom is -0.487 e. The van der Waals surface area contributed by atoms with E-state index in [0.717, 1.165) is 0 Å². The number of rotatable bonds is 4. The van der Waals surface area contributed by atoms with Crippen LogP contribution in [0.4, 0.5) is 10.1 Å². The highest BCUT2D eigenvalue weighted by atomic mass is 19.1. The number of halogens is 1. The number of ether oxygens (including phenoxy) is 1. The normalized spacial score (nSPS) is 9.76. The fraction of sp³-hybridized carbons (Fsp3) is 0.125. The third-order valence-electron chi connectivity index (χ3n) is 2.74. The Balaban J connectivity index is 2.13. The molecule has 4 nitrogen and oxygen atoms in total. The first kappa shape index (κ1) is 14.5. The molecule has 106 valence electrons. The van der Waals surface area contributed by atoms with E-state index in [0.29, 0.717) is 17.0 Å². The van der Waals surface area contributed by atoms with Crippen molar-refractivity contribution >= 4 is 11.6 Å². The molecule has 1 amide bonds. The summed E-state index contributed by atoms with van der Waals surface area (Å²) in [5, 5.41) is 11.5. The van der Waals surface area contributed by atoms with Gasteiger partial charge in [0.1, 0.15) is 24.2 Å². The van der Waals surface area contributed by atoms with Crippen LogP contribution >= 0.6 is 0 Å². The van der Waals surface area contributed by atoms with E-state index in [1.165, 1.54) is 19.1 Å². The van der Waals surface area contributed by atoms with Gasteiger partial charge in [-0.3, -0.25) is 4.79 Å². The van der Waals surface area contributed by atoms with E-state index >= 15 is 0 Å². The smallest absolute Gasteiger partial charge is 0.221 e. The summed E-state index contributed by atoms with van der Waals surface area (Å²) in [6, 6.07) is 13.0. The molecule has 0 bridgehead atoms. The molecule has 0 aliphatic rings. The van der Waals surface area contributed by atoms with Gasteiger partial charge in [-0.25, -0.2) is 4.39 Å². The van der Waals surface area contributed by atoms with Gasteiger partial charge in [0.2, 0.25) is 5.91 Å². The average molecular weight is 284 g/mol. The lowest BCUT2D eigenvalue weighted by Crippen LogP contribution is -2.08. The van der Waals surface area contributed by atoms with Crippen LogP contribution in [0.1, 0.15) is 18.1 Å². The number of nitrogens with one attached hydrogen (secondary N) is 1. The second-order valence-electron chi connectivity index (χ2n) is 4.39. The molecule has 0 fully saturated rings. The summed E-state index contributed by atoms with van der Waals surface area (Å²) < 4.78 is 18.8. The summed E-state index contributed by atoms with van der Waals surface area (Å²) in [5.41, 5.74) is 1.21. The highest BCUT2D eigenvalue weighted by molar-refractivity contribution is 5.90. The lowest BCUT2D eigenvalue weighted by atomic mass is 10.1. The number of hydrogen-bond acceptors (Lipinski definition) is 3. The zero-order valence-electron chi connectivity index (χ0n) is 11.4. The predicted molar refractivity (Wildman–Crippen MR) is 76.2 cm³/mol. The van der Waals surface area contributed by atoms with Gasteiger partial charge in [-0.15, -0.1) is 0 Å². The van der Waals surface area contributed by atoms with E-state index in [9.17, 15) is 9.18 Å². The standard InChI is InChI=1S/C16H13FN2O2/c1-11(20)19-15-4-2-3-5-16(15)21-10-12-6-7-14(17)13(8-12)9-18/h2-8H,10H2,1H3,(H,19,20). The van der Waals surface area contributed by atoms with Gasteiger partial charge in [-0.1, -0.05) is 18.2 Å². The quantitative estimate of drug-likeness (QED) is 0.937. The van der Waals surface area contributed by atoms with E-state index in [1.807, 2.05) is 0 Å². The molecule has 21 heavy (non-hydrogen) atoms. The molecule has 0 radical (unpaired) electrons. The highest BCUT2D eigenvalue weighted by Gasteiger charge is 2.06. The Morgan fingerprint density at radius 1 is 1.33 bits per heavy atom. The van der Waals surface area contributed by atoms with Crippen LogP contribution in [0, 0.1) is 17.1 Å². The maximum Gasteiger partial charge on any atom is 0.221 e. The first-order chi connectivity index (χ1) is 10.1.